The van der Waals surface area contributed by atoms with Gasteiger partial charge in [0.25, 0.3) is 11.8 Å². The van der Waals surface area contributed by atoms with Crippen LogP contribution in [0.15, 0.2) is 0 Å². The normalized spacial score (nSPS) is 16.7. The molecule has 1 rings (SSSR count). The first-order valence-corrected chi connectivity index (χ1v) is 5.99. The molecule has 5 nitrogen and oxygen atoms in total. The van der Waals surface area contributed by atoms with Crippen molar-refractivity contribution < 1.29 is 19.2 Å². The lowest BCUT2D eigenvalue weighted by atomic mass is 9.99. The zero-order valence-corrected chi connectivity index (χ0v) is 11.1. The molecule has 98 valence electrons. The maximum atomic E-state index is 11.4. The van der Waals surface area contributed by atoms with Gasteiger partial charge in [-0.05, 0) is 5.92 Å². The highest BCUT2D eigenvalue weighted by Gasteiger charge is 2.33. The number of rotatable bonds is 2. The summed E-state index contributed by atoms with van der Waals surface area (Å²) in [7, 11) is 0. The Morgan fingerprint density at radius 1 is 1.24 bits per heavy atom. The van der Waals surface area contributed by atoms with Crippen LogP contribution in [0, 0.1) is 11.8 Å². The first-order valence-electron chi connectivity index (χ1n) is 5.99. The van der Waals surface area contributed by atoms with E-state index in [0.717, 1.165) is 0 Å². The van der Waals surface area contributed by atoms with Gasteiger partial charge in [0.05, 0.1) is 5.92 Å². The lowest BCUT2D eigenvalue weighted by molar-refractivity contribution is -0.208. The van der Waals surface area contributed by atoms with E-state index in [1.807, 2.05) is 20.8 Å². The van der Waals surface area contributed by atoms with E-state index in [4.69, 9.17) is 4.84 Å². The molecule has 17 heavy (non-hydrogen) atoms. The lowest BCUT2D eigenvalue weighted by Gasteiger charge is -2.26. The van der Waals surface area contributed by atoms with Crippen molar-refractivity contribution in [1.29, 1.82) is 0 Å². The smallest absolute Gasteiger partial charge is 0.330 e. The third kappa shape index (κ3) is 4.54. The number of imide groups is 1. The minimum absolute atomic E-state index is 0.0269. The van der Waals surface area contributed by atoms with E-state index in [1.165, 1.54) is 0 Å². The van der Waals surface area contributed by atoms with Gasteiger partial charge in [0.15, 0.2) is 0 Å². The molecule has 0 saturated carbocycles. The fraction of sp³-hybridized carbons (Fsp3) is 0.750. The quantitative estimate of drug-likeness (QED) is 0.695. The highest BCUT2D eigenvalue weighted by molar-refractivity contribution is 5.97. The van der Waals surface area contributed by atoms with Crippen LogP contribution in [-0.4, -0.2) is 22.8 Å². The Kier molecular flexibility index (Phi) is 6.46. The number of hydrogen-bond donors (Lipinski definition) is 0. The minimum atomic E-state index is -0.564. The summed E-state index contributed by atoms with van der Waals surface area (Å²) in [5.41, 5.74) is 0. The molecule has 2 amide bonds. The third-order valence-corrected chi connectivity index (χ3v) is 2.15. The number of carbonyl (C=O) groups is 3. The van der Waals surface area contributed by atoms with Gasteiger partial charge in [0.2, 0.25) is 0 Å². The first kappa shape index (κ1) is 15.6. The molecule has 0 radical (unpaired) electrons. The van der Waals surface area contributed by atoms with Gasteiger partial charge >= 0.3 is 5.97 Å². The van der Waals surface area contributed by atoms with Crippen molar-refractivity contribution in [3.8, 4) is 0 Å². The molecule has 0 aromatic carbocycles. The maximum Gasteiger partial charge on any atom is 0.335 e. The monoisotopic (exact) mass is 243 g/mol. The molecule has 0 atom stereocenters. The van der Waals surface area contributed by atoms with Gasteiger partial charge in [-0.25, -0.2) is 4.79 Å². The number of hydroxylamine groups is 2. The van der Waals surface area contributed by atoms with E-state index in [-0.39, 0.29) is 24.7 Å². The summed E-state index contributed by atoms with van der Waals surface area (Å²) >= 11 is 0. The molecule has 1 aliphatic heterocycles. The molecule has 0 bridgehead atoms. The van der Waals surface area contributed by atoms with Crippen LogP contribution in [0.3, 0.4) is 0 Å². The van der Waals surface area contributed by atoms with Crippen molar-refractivity contribution in [3.63, 3.8) is 0 Å². The van der Waals surface area contributed by atoms with Gasteiger partial charge < -0.3 is 4.84 Å². The van der Waals surface area contributed by atoms with E-state index >= 15 is 0 Å². The van der Waals surface area contributed by atoms with E-state index in [9.17, 15) is 14.4 Å². The van der Waals surface area contributed by atoms with Crippen LogP contribution < -0.4 is 0 Å². The van der Waals surface area contributed by atoms with Gasteiger partial charge in [0.1, 0.15) is 0 Å². The van der Waals surface area contributed by atoms with Crippen molar-refractivity contribution in [2.45, 2.75) is 47.5 Å². The average Bonchev–Trinajstić information content (AvgIpc) is 2.25. The molecule has 1 heterocycles. The second-order valence-electron chi connectivity index (χ2n) is 4.16. The predicted octanol–water partition coefficient (Wildman–Crippen LogP) is 1.91. The summed E-state index contributed by atoms with van der Waals surface area (Å²) in [4.78, 5) is 38.7. The van der Waals surface area contributed by atoms with Crippen LogP contribution in [0.4, 0.5) is 0 Å². The van der Waals surface area contributed by atoms with Gasteiger partial charge in [-0.1, -0.05) is 34.6 Å². The van der Waals surface area contributed by atoms with Crippen molar-refractivity contribution in [2.75, 3.05) is 0 Å². The zero-order chi connectivity index (χ0) is 13.6. The Morgan fingerprint density at radius 3 is 2.00 bits per heavy atom. The average molecular weight is 243 g/mol. The molecular weight excluding hydrogens is 222 g/mol. The SMILES string of the molecule is CC.CC1CC(=O)N(OC(=O)C(C)C)C(=O)C1. The van der Waals surface area contributed by atoms with Crippen LogP contribution in [0.2, 0.25) is 0 Å². The molecule has 0 aromatic heterocycles. The van der Waals surface area contributed by atoms with Crippen molar-refractivity contribution in [3.05, 3.63) is 0 Å². The molecule has 0 unspecified atom stereocenters. The molecule has 5 heteroatoms. The largest absolute Gasteiger partial charge is 0.335 e. The second-order valence-corrected chi connectivity index (χ2v) is 4.16. The lowest BCUT2D eigenvalue weighted by Crippen LogP contribution is -2.44. The molecule has 1 saturated heterocycles. The summed E-state index contributed by atoms with van der Waals surface area (Å²) < 4.78 is 0. The highest BCUT2D eigenvalue weighted by atomic mass is 16.7. The van der Waals surface area contributed by atoms with Crippen LogP contribution in [0.5, 0.6) is 0 Å². The number of hydrogen-bond acceptors (Lipinski definition) is 4. The van der Waals surface area contributed by atoms with E-state index < -0.39 is 17.8 Å². The number of amides is 2. The molecular formula is C12H21NO4. The zero-order valence-electron chi connectivity index (χ0n) is 11.1. The molecule has 1 fully saturated rings. The summed E-state index contributed by atoms with van der Waals surface area (Å²) in [5.74, 6) is -1.77. The Labute approximate surface area is 102 Å². The first-order chi connectivity index (χ1) is 7.91. The predicted molar refractivity (Wildman–Crippen MR) is 62.5 cm³/mol. The minimum Gasteiger partial charge on any atom is -0.330 e. The third-order valence-electron chi connectivity index (χ3n) is 2.15. The second kappa shape index (κ2) is 7.04. The number of piperidine rings is 1. The van der Waals surface area contributed by atoms with Crippen molar-refractivity contribution in [2.24, 2.45) is 11.8 Å². The Morgan fingerprint density at radius 2 is 1.65 bits per heavy atom. The number of nitrogens with zero attached hydrogens (tertiary/aromatic N) is 1. The standard InChI is InChI=1S/C10H15NO4.C2H6/c1-6(2)10(14)15-11-8(12)4-7(3)5-9(11)13;1-2/h6-7H,4-5H2,1-3H3;1-2H3. The summed E-state index contributed by atoms with van der Waals surface area (Å²) in [6.45, 7) is 9.10. The van der Waals surface area contributed by atoms with Gasteiger partial charge in [-0.15, -0.1) is 5.06 Å². The maximum absolute atomic E-state index is 11.4. The molecule has 0 aromatic rings. The fourth-order valence-electron chi connectivity index (χ4n) is 1.27. The molecule has 0 aliphatic carbocycles. The molecule has 1 aliphatic rings. The van der Waals surface area contributed by atoms with Crippen LogP contribution >= 0.6 is 0 Å². The van der Waals surface area contributed by atoms with E-state index in [2.05, 4.69) is 0 Å². The summed E-state index contributed by atoms with van der Waals surface area (Å²) in [6, 6.07) is 0. The topological polar surface area (TPSA) is 63.7 Å². The fourth-order valence-corrected chi connectivity index (χ4v) is 1.27. The number of carbonyl (C=O) groups excluding carboxylic acids is 3. The summed E-state index contributed by atoms with van der Waals surface area (Å²) in [5, 5.41) is 0.600. The molecule has 0 N–H and O–H groups in total. The van der Waals surface area contributed by atoms with Crippen LogP contribution in [0.25, 0.3) is 0 Å². The van der Waals surface area contributed by atoms with Gasteiger partial charge in [0, 0.05) is 12.8 Å². The Hall–Kier alpha value is -1.39. The Balaban J connectivity index is 0.00000121. The summed E-state index contributed by atoms with van der Waals surface area (Å²) in [6.07, 6.45) is 0.494. The van der Waals surface area contributed by atoms with Gasteiger partial charge in [-0.2, -0.15) is 0 Å². The Bertz CT molecular complexity index is 281. The highest BCUT2D eigenvalue weighted by Crippen LogP contribution is 2.19. The van der Waals surface area contributed by atoms with Crippen LogP contribution in [-0.2, 0) is 19.2 Å². The van der Waals surface area contributed by atoms with Crippen LogP contribution in [0.1, 0.15) is 47.5 Å². The van der Waals surface area contributed by atoms with E-state index in [0.29, 0.717) is 5.06 Å². The van der Waals surface area contributed by atoms with E-state index in [1.54, 1.807) is 13.8 Å². The van der Waals surface area contributed by atoms with Crippen molar-refractivity contribution in [1.82, 2.24) is 5.06 Å². The molecule has 0 spiro atoms. The van der Waals surface area contributed by atoms with Gasteiger partial charge in [-0.3, -0.25) is 9.59 Å². The van der Waals surface area contributed by atoms with Crippen molar-refractivity contribution >= 4 is 17.8 Å².